The Hall–Kier alpha value is -2.57. The third-order valence-corrected chi connectivity index (χ3v) is 6.00. The van der Waals surface area contributed by atoms with Crippen LogP contribution in [0.25, 0.3) is 16.7 Å². The molecule has 0 saturated heterocycles. The van der Waals surface area contributed by atoms with Gasteiger partial charge in [-0.3, -0.25) is 4.79 Å². The molecule has 3 rings (SSSR count). The molecule has 178 valence electrons. The van der Waals surface area contributed by atoms with Crippen molar-refractivity contribution in [2.45, 2.75) is 77.9 Å². The Morgan fingerprint density at radius 1 is 0.970 bits per heavy atom. The summed E-state index contributed by atoms with van der Waals surface area (Å²) in [7, 11) is 0. The highest BCUT2D eigenvalue weighted by Crippen LogP contribution is 2.43. The smallest absolute Gasteiger partial charge is 0.230 e. The number of aromatic nitrogens is 3. The molecule has 0 saturated carbocycles. The van der Waals surface area contributed by atoms with Crippen LogP contribution in [0.3, 0.4) is 0 Å². The number of aldehydes is 1. The lowest BCUT2D eigenvalue weighted by molar-refractivity contribution is -0.216. The molecule has 2 atom stereocenters. The number of unbranched alkanes of at least 4 members (excludes halogenated alkanes) is 5. The standard InChI is InChI=1S/C27H37N3O3/c1-5-6-7-8-9-12-18-33-27(32,20-31)25(26(2,3)4)21-14-13-15-22(19-21)30-28-23-16-10-11-17-24(23)29-30/h10-11,13-17,19-20,25,32H,5-9,12,18H2,1-4H3. The summed E-state index contributed by atoms with van der Waals surface area (Å²) in [5, 5.41) is 20.5. The molecule has 2 aromatic carbocycles. The fourth-order valence-corrected chi connectivity index (χ4v) is 4.47. The predicted octanol–water partition coefficient (Wildman–Crippen LogP) is 5.81. The van der Waals surface area contributed by atoms with E-state index in [0.29, 0.717) is 12.9 Å². The van der Waals surface area contributed by atoms with Crippen LogP contribution >= 0.6 is 0 Å². The molecule has 0 aliphatic carbocycles. The van der Waals surface area contributed by atoms with Crippen molar-refractivity contribution in [2.75, 3.05) is 6.61 Å². The number of benzene rings is 2. The minimum absolute atomic E-state index is 0.347. The molecule has 3 aromatic rings. The van der Waals surface area contributed by atoms with Crippen LogP contribution in [0.5, 0.6) is 0 Å². The van der Waals surface area contributed by atoms with Crippen molar-refractivity contribution in [2.24, 2.45) is 5.41 Å². The zero-order valence-electron chi connectivity index (χ0n) is 20.3. The molecule has 0 aliphatic rings. The number of nitrogens with zero attached hydrogens (tertiary/aromatic N) is 3. The van der Waals surface area contributed by atoms with Gasteiger partial charge in [0.05, 0.1) is 18.2 Å². The Bertz CT molecular complexity index is 1010. The molecular weight excluding hydrogens is 414 g/mol. The zero-order valence-corrected chi connectivity index (χ0v) is 20.3. The number of carbonyl (C=O) groups excluding carboxylic acids is 1. The molecule has 1 heterocycles. The molecule has 2 unspecified atom stereocenters. The van der Waals surface area contributed by atoms with E-state index in [2.05, 4.69) is 17.1 Å². The van der Waals surface area contributed by atoms with Gasteiger partial charge in [0, 0.05) is 0 Å². The second kappa shape index (κ2) is 11.0. The van der Waals surface area contributed by atoms with E-state index >= 15 is 0 Å². The summed E-state index contributed by atoms with van der Waals surface area (Å²) in [5.74, 6) is -2.48. The van der Waals surface area contributed by atoms with Crippen molar-refractivity contribution in [3.05, 3.63) is 54.1 Å². The van der Waals surface area contributed by atoms with Gasteiger partial charge in [0.15, 0.2) is 6.29 Å². The predicted molar refractivity (Wildman–Crippen MR) is 131 cm³/mol. The van der Waals surface area contributed by atoms with Crippen molar-refractivity contribution in [1.29, 1.82) is 0 Å². The fraction of sp³-hybridized carbons (Fsp3) is 0.519. The highest BCUT2D eigenvalue weighted by atomic mass is 16.6. The largest absolute Gasteiger partial charge is 0.359 e. The molecule has 0 amide bonds. The summed E-state index contributed by atoms with van der Waals surface area (Å²) in [6.45, 7) is 8.56. The zero-order chi connectivity index (χ0) is 23.9. The van der Waals surface area contributed by atoms with Gasteiger partial charge in [0.1, 0.15) is 11.0 Å². The molecule has 33 heavy (non-hydrogen) atoms. The van der Waals surface area contributed by atoms with Gasteiger partial charge in [-0.05, 0) is 41.7 Å². The van der Waals surface area contributed by atoms with Gasteiger partial charge >= 0.3 is 0 Å². The van der Waals surface area contributed by atoms with E-state index in [9.17, 15) is 9.90 Å². The number of ether oxygens (including phenoxy) is 1. The second-order valence-electron chi connectivity index (χ2n) is 9.86. The average molecular weight is 452 g/mol. The highest BCUT2D eigenvalue weighted by molar-refractivity contribution is 5.73. The summed E-state index contributed by atoms with van der Waals surface area (Å²) in [6.07, 6.45) is 7.20. The van der Waals surface area contributed by atoms with E-state index in [-0.39, 0.29) is 0 Å². The minimum atomic E-state index is -1.91. The average Bonchev–Trinajstić information content (AvgIpc) is 3.22. The summed E-state index contributed by atoms with van der Waals surface area (Å²) < 4.78 is 5.87. The van der Waals surface area contributed by atoms with E-state index in [1.807, 2.05) is 69.3 Å². The van der Waals surface area contributed by atoms with Crippen LogP contribution in [0.1, 0.15) is 77.7 Å². The first-order valence-electron chi connectivity index (χ1n) is 12.0. The molecule has 0 radical (unpaired) electrons. The minimum Gasteiger partial charge on any atom is -0.359 e. The second-order valence-corrected chi connectivity index (χ2v) is 9.86. The van der Waals surface area contributed by atoms with Crippen LogP contribution in [0.2, 0.25) is 0 Å². The Kier molecular flexibility index (Phi) is 8.38. The van der Waals surface area contributed by atoms with Gasteiger partial charge in [0.2, 0.25) is 5.79 Å². The number of rotatable bonds is 12. The Morgan fingerprint density at radius 3 is 2.21 bits per heavy atom. The summed E-state index contributed by atoms with van der Waals surface area (Å²) in [6, 6.07) is 15.4. The summed E-state index contributed by atoms with van der Waals surface area (Å²) >= 11 is 0. The SMILES string of the molecule is CCCCCCCCOC(O)(C=O)C(c1cccc(-n2nc3ccccc3n2)c1)C(C)(C)C. The molecule has 0 spiro atoms. The molecule has 0 fully saturated rings. The monoisotopic (exact) mass is 451 g/mol. The van der Waals surface area contributed by atoms with Crippen LogP contribution in [-0.2, 0) is 9.53 Å². The Morgan fingerprint density at radius 2 is 1.61 bits per heavy atom. The number of hydrogen-bond donors (Lipinski definition) is 1. The van der Waals surface area contributed by atoms with E-state index < -0.39 is 17.1 Å². The van der Waals surface area contributed by atoms with Crippen LogP contribution in [0.4, 0.5) is 0 Å². The highest BCUT2D eigenvalue weighted by Gasteiger charge is 2.46. The Labute approximate surface area is 197 Å². The molecule has 1 N–H and O–H groups in total. The Balaban J connectivity index is 1.83. The third kappa shape index (κ3) is 6.27. The van der Waals surface area contributed by atoms with E-state index in [0.717, 1.165) is 41.5 Å². The van der Waals surface area contributed by atoms with Crippen molar-refractivity contribution in [3.8, 4) is 5.69 Å². The number of aliphatic hydroxyl groups is 1. The van der Waals surface area contributed by atoms with Crippen LogP contribution < -0.4 is 0 Å². The lowest BCUT2D eigenvalue weighted by Crippen LogP contribution is -2.46. The maximum absolute atomic E-state index is 12.2. The van der Waals surface area contributed by atoms with Gasteiger partial charge in [-0.1, -0.05) is 84.1 Å². The van der Waals surface area contributed by atoms with Gasteiger partial charge in [-0.25, -0.2) is 0 Å². The van der Waals surface area contributed by atoms with E-state index in [4.69, 9.17) is 4.74 Å². The lowest BCUT2D eigenvalue weighted by atomic mass is 9.71. The third-order valence-electron chi connectivity index (χ3n) is 6.00. The quantitative estimate of drug-likeness (QED) is 0.213. The van der Waals surface area contributed by atoms with E-state index in [1.54, 1.807) is 4.80 Å². The summed E-state index contributed by atoms with van der Waals surface area (Å²) in [5.41, 5.74) is 2.75. The van der Waals surface area contributed by atoms with Crippen LogP contribution in [0.15, 0.2) is 48.5 Å². The first-order chi connectivity index (χ1) is 15.8. The van der Waals surface area contributed by atoms with E-state index in [1.165, 1.54) is 19.3 Å². The van der Waals surface area contributed by atoms with Gasteiger partial charge in [0.25, 0.3) is 0 Å². The normalized spacial score (nSPS) is 14.8. The maximum atomic E-state index is 12.2. The molecule has 6 nitrogen and oxygen atoms in total. The van der Waals surface area contributed by atoms with Crippen LogP contribution in [-0.4, -0.2) is 38.8 Å². The number of fused-ring (bicyclic) bond motifs is 1. The van der Waals surface area contributed by atoms with Crippen molar-refractivity contribution >= 4 is 17.3 Å². The summed E-state index contributed by atoms with van der Waals surface area (Å²) in [4.78, 5) is 13.7. The first kappa shape index (κ1) is 25.1. The maximum Gasteiger partial charge on any atom is 0.230 e. The fourth-order valence-electron chi connectivity index (χ4n) is 4.47. The first-order valence-corrected chi connectivity index (χ1v) is 12.0. The van der Waals surface area contributed by atoms with Gasteiger partial charge in [-0.15, -0.1) is 10.2 Å². The van der Waals surface area contributed by atoms with Crippen LogP contribution in [0, 0.1) is 5.41 Å². The molecule has 0 bridgehead atoms. The topological polar surface area (TPSA) is 77.2 Å². The van der Waals surface area contributed by atoms with Crippen molar-refractivity contribution < 1.29 is 14.6 Å². The molecule has 1 aromatic heterocycles. The van der Waals surface area contributed by atoms with Crippen molar-refractivity contribution in [1.82, 2.24) is 15.0 Å². The molecular formula is C27H37N3O3. The number of carbonyl (C=O) groups is 1. The lowest BCUT2D eigenvalue weighted by Gasteiger charge is -2.40. The van der Waals surface area contributed by atoms with Crippen molar-refractivity contribution in [3.63, 3.8) is 0 Å². The molecule has 0 aliphatic heterocycles. The van der Waals surface area contributed by atoms with Gasteiger partial charge < -0.3 is 9.84 Å². The van der Waals surface area contributed by atoms with Gasteiger partial charge in [-0.2, -0.15) is 4.80 Å². The molecule has 6 heteroatoms. The number of hydrogen-bond acceptors (Lipinski definition) is 5.